The van der Waals surface area contributed by atoms with E-state index in [1.165, 1.54) is 63.3 Å². The van der Waals surface area contributed by atoms with Gasteiger partial charge in [-0.3, -0.25) is 19.9 Å². The van der Waals surface area contributed by atoms with Gasteiger partial charge in [-0.15, -0.1) is 0 Å². The van der Waals surface area contributed by atoms with E-state index < -0.39 is 0 Å². The van der Waals surface area contributed by atoms with Crippen molar-refractivity contribution in [3.63, 3.8) is 0 Å². The van der Waals surface area contributed by atoms with Crippen molar-refractivity contribution in [3.8, 4) is 0 Å². The van der Waals surface area contributed by atoms with Crippen LogP contribution in [0.1, 0.15) is 11.3 Å². The summed E-state index contributed by atoms with van der Waals surface area (Å²) in [7, 11) is 0. The van der Waals surface area contributed by atoms with Crippen LogP contribution in [-0.4, -0.2) is 141 Å². The average molecular weight is 936 g/mol. The summed E-state index contributed by atoms with van der Waals surface area (Å²) in [6, 6.07) is 3.56. The molecular formula is C42H37N27O. The summed E-state index contributed by atoms with van der Waals surface area (Å²) in [4.78, 5) is 103. The number of aromatic nitrogens is 27. The third-order valence-electron chi connectivity index (χ3n) is 7.88. The second-order valence-corrected chi connectivity index (χ2v) is 12.6. The van der Waals surface area contributed by atoms with E-state index in [-0.39, 0.29) is 5.78 Å². The molecule has 0 saturated heterocycles. The standard InChI is InChI=1S/C7H6N2O.4C5H4N4.3C4H4N2.C3H3N3/c10-6-1-5-3-8-4-9-7(5)2-6;3*1-4-5(8-2-6-1)9-3-7-4;1-4-2-8-9-5(4)7-3-6-1;1-2-6-4-3-5-1;2*1-2-5-4-6-3-1;1-4-2-6-3-5-1/h3-4H,1-2H2;4*1-3H,(H,6,7,8,9);3*1-4H;1-3H. The summed E-state index contributed by atoms with van der Waals surface area (Å²) < 4.78 is 0. The van der Waals surface area contributed by atoms with Gasteiger partial charge in [-0.05, 0) is 17.7 Å². The van der Waals surface area contributed by atoms with Gasteiger partial charge in [0.1, 0.15) is 85.6 Å². The van der Waals surface area contributed by atoms with Crippen molar-refractivity contribution in [3.05, 3.63) is 192 Å². The fourth-order valence-corrected chi connectivity index (χ4v) is 4.88. The highest BCUT2D eigenvalue weighted by Gasteiger charge is 2.18. The molecule has 1 aliphatic carbocycles. The van der Waals surface area contributed by atoms with Gasteiger partial charge in [0.2, 0.25) is 0 Å². The van der Waals surface area contributed by atoms with E-state index in [0.717, 1.165) is 38.8 Å². The lowest BCUT2D eigenvalue weighted by molar-refractivity contribution is -0.117. The number of imidazole rings is 3. The van der Waals surface area contributed by atoms with Gasteiger partial charge in [0.25, 0.3) is 0 Å². The number of hydrogen-bond donors (Lipinski definition) is 4. The molecule has 0 saturated carbocycles. The first-order valence-corrected chi connectivity index (χ1v) is 20.0. The molecule has 0 fully saturated rings. The molecule has 0 atom stereocenters. The Kier molecular flexibility index (Phi) is 20.6. The zero-order valence-electron chi connectivity index (χ0n) is 36.4. The first-order chi connectivity index (χ1) is 34.7. The fraction of sp³-hybridized carbons (Fsp3) is 0.0476. The lowest BCUT2D eigenvalue weighted by Crippen LogP contribution is -1.93. The first-order valence-electron chi connectivity index (χ1n) is 20.0. The summed E-state index contributed by atoms with van der Waals surface area (Å²) in [6.45, 7) is 0. The highest BCUT2D eigenvalue weighted by molar-refractivity contribution is 5.87. The maximum atomic E-state index is 10.8. The average Bonchev–Trinajstić information content (AvgIpc) is 4.33. The summed E-state index contributed by atoms with van der Waals surface area (Å²) in [5.41, 5.74) is 7.44. The van der Waals surface area contributed by atoms with E-state index in [1.807, 2.05) is 0 Å². The number of carbonyl (C=O) groups is 1. The van der Waals surface area contributed by atoms with E-state index in [9.17, 15) is 4.79 Å². The fourth-order valence-electron chi connectivity index (χ4n) is 4.88. The van der Waals surface area contributed by atoms with Crippen molar-refractivity contribution in [2.24, 2.45) is 0 Å². The van der Waals surface area contributed by atoms with E-state index in [2.05, 4.69) is 135 Å². The van der Waals surface area contributed by atoms with Gasteiger partial charge in [-0.25, -0.2) is 99.7 Å². The zero-order valence-corrected chi connectivity index (χ0v) is 36.4. The molecule has 0 amide bonds. The minimum Gasteiger partial charge on any atom is -0.342 e. The van der Waals surface area contributed by atoms with Crippen LogP contribution in [-0.2, 0) is 17.6 Å². The van der Waals surface area contributed by atoms with Crippen molar-refractivity contribution < 1.29 is 4.79 Å². The van der Waals surface area contributed by atoms with Gasteiger partial charge in [0.15, 0.2) is 22.6 Å². The summed E-state index contributed by atoms with van der Waals surface area (Å²) in [6.07, 6.45) is 44.0. The number of hydrogen-bond acceptors (Lipinski definition) is 24. The minimum atomic E-state index is 0.246. The highest BCUT2D eigenvalue weighted by Crippen LogP contribution is 2.14. The second-order valence-electron chi connectivity index (χ2n) is 12.6. The maximum absolute atomic E-state index is 10.8. The second kappa shape index (κ2) is 29.6. The van der Waals surface area contributed by atoms with Gasteiger partial charge >= 0.3 is 0 Å². The minimum absolute atomic E-state index is 0.246. The van der Waals surface area contributed by atoms with Crippen LogP contribution in [0.4, 0.5) is 0 Å². The molecule has 28 heteroatoms. The lowest BCUT2D eigenvalue weighted by atomic mass is 10.3. The monoisotopic (exact) mass is 935 g/mol. The van der Waals surface area contributed by atoms with Crippen LogP contribution in [0.15, 0.2) is 181 Å². The Morgan fingerprint density at radius 2 is 0.786 bits per heavy atom. The van der Waals surface area contributed by atoms with Crippen molar-refractivity contribution in [2.45, 2.75) is 12.8 Å². The number of carbonyl (C=O) groups excluding carboxylic acids is 1. The van der Waals surface area contributed by atoms with Gasteiger partial charge in [0, 0.05) is 74.8 Å². The van der Waals surface area contributed by atoms with Crippen LogP contribution in [0.5, 0.6) is 0 Å². The van der Waals surface area contributed by atoms with Crippen LogP contribution >= 0.6 is 0 Å². The number of nitrogens with zero attached hydrogens (tertiary/aromatic N) is 23. The van der Waals surface area contributed by atoms with E-state index in [1.54, 1.807) is 118 Å². The Morgan fingerprint density at radius 3 is 1.17 bits per heavy atom. The summed E-state index contributed by atoms with van der Waals surface area (Å²) in [5.74, 6) is 0.246. The number of fused-ring (bicyclic) bond motifs is 5. The molecule has 0 spiro atoms. The molecule has 4 N–H and O–H groups in total. The predicted molar refractivity (Wildman–Crippen MR) is 247 cm³/mol. The van der Waals surface area contributed by atoms with Crippen molar-refractivity contribution in [1.29, 1.82) is 0 Å². The SMILES string of the molecule is O=C1Cc2cncnc2C1.c1cnccn1.c1cncnc1.c1cncnc1.c1ncc2[nH]cnc2n1.c1ncc2[nH]cnc2n1.c1ncc2[nH]cnc2n1.c1ncc2cn[nH]c2n1.c1ncncn1. The van der Waals surface area contributed by atoms with Gasteiger partial charge in [0.05, 0.1) is 54.8 Å². The molecule has 70 heavy (non-hydrogen) atoms. The third kappa shape index (κ3) is 18.0. The zero-order chi connectivity index (χ0) is 48.4. The van der Waals surface area contributed by atoms with Crippen molar-refractivity contribution >= 4 is 50.3 Å². The number of aromatic amines is 4. The van der Waals surface area contributed by atoms with Gasteiger partial charge in [-0.1, -0.05) is 0 Å². The molecule has 0 aliphatic heterocycles. The molecular weight excluding hydrogens is 899 g/mol. The Morgan fingerprint density at radius 1 is 0.357 bits per heavy atom. The van der Waals surface area contributed by atoms with E-state index in [4.69, 9.17) is 0 Å². The molecule has 1 aliphatic rings. The van der Waals surface area contributed by atoms with Crippen LogP contribution < -0.4 is 0 Å². The molecule has 0 bridgehead atoms. The molecule has 13 heterocycles. The molecule has 28 nitrogen and oxygen atoms in total. The number of H-pyrrole nitrogens is 4. The normalized spacial score (nSPS) is 10.2. The Labute approximate surface area is 394 Å². The third-order valence-corrected chi connectivity index (χ3v) is 7.88. The van der Waals surface area contributed by atoms with Gasteiger partial charge in [-0.2, -0.15) is 5.10 Å². The maximum Gasteiger partial charge on any atom is 0.180 e. The first kappa shape index (κ1) is 48.7. The molecule has 13 aromatic rings. The number of rotatable bonds is 0. The largest absolute Gasteiger partial charge is 0.342 e. The Bertz CT molecular complexity index is 2700. The Balaban J connectivity index is 0.000000130. The smallest absolute Gasteiger partial charge is 0.180 e. The number of ketones is 1. The van der Waals surface area contributed by atoms with Crippen LogP contribution in [0.2, 0.25) is 0 Å². The number of nitrogens with one attached hydrogen (secondary N) is 4. The van der Waals surface area contributed by atoms with E-state index >= 15 is 0 Å². The van der Waals surface area contributed by atoms with Crippen LogP contribution in [0.3, 0.4) is 0 Å². The van der Waals surface area contributed by atoms with E-state index in [0.29, 0.717) is 29.8 Å². The lowest BCUT2D eigenvalue weighted by Gasteiger charge is -1.90. The Hall–Kier alpha value is -10.8. The van der Waals surface area contributed by atoms with Crippen molar-refractivity contribution in [1.82, 2.24) is 135 Å². The summed E-state index contributed by atoms with van der Waals surface area (Å²) >= 11 is 0. The van der Waals surface area contributed by atoms with Gasteiger partial charge < -0.3 is 15.0 Å². The van der Waals surface area contributed by atoms with Crippen LogP contribution in [0, 0.1) is 0 Å². The number of Topliss-reactive ketones (excluding diaryl/α,β-unsaturated/α-hetero) is 1. The molecule has 0 aromatic carbocycles. The van der Waals surface area contributed by atoms with Crippen LogP contribution in [0.25, 0.3) is 44.5 Å². The molecule has 0 radical (unpaired) electrons. The van der Waals surface area contributed by atoms with Crippen molar-refractivity contribution in [2.75, 3.05) is 0 Å². The molecule has 346 valence electrons. The molecule has 13 aromatic heterocycles. The highest BCUT2D eigenvalue weighted by atomic mass is 16.1. The molecule has 0 unspecified atom stereocenters. The quantitative estimate of drug-likeness (QED) is 0.170. The summed E-state index contributed by atoms with van der Waals surface area (Å²) in [5, 5.41) is 7.43. The predicted octanol–water partition coefficient (Wildman–Crippen LogP) is 2.86. The topological polar surface area (TPSA) is 377 Å². The molecule has 14 rings (SSSR count).